The lowest BCUT2D eigenvalue weighted by atomic mass is 10.5. The number of ether oxygens (including phenoxy) is 1. The maximum Gasteiger partial charge on any atom is 0.145 e. The second-order valence-corrected chi connectivity index (χ2v) is 1.97. The highest BCUT2D eigenvalue weighted by atomic mass is 16.5. The van der Waals surface area contributed by atoms with Gasteiger partial charge in [-0.25, -0.2) is 0 Å². The van der Waals surface area contributed by atoms with E-state index in [-0.39, 0.29) is 12.3 Å². The van der Waals surface area contributed by atoms with E-state index in [1.807, 2.05) is 20.8 Å². The lowest BCUT2D eigenvalue weighted by Crippen LogP contribution is -2.10. The standard InChI is InChI=1S/C6H13NO/c1-5(2)8-6(3)7-4/h5-6H,4H2,1-3H3. The molecule has 1 atom stereocenters. The molecule has 0 heterocycles. The van der Waals surface area contributed by atoms with Crippen molar-refractivity contribution < 1.29 is 4.74 Å². The zero-order valence-electron chi connectivity index (χ0n) is 5.72. The van der Waals surface area contributed by atoms with Gasteiger partial charge < -0.3 is 4.74 Å². The number of rotatable bonds is 3. The van der Waals surface area contributed by atoms with Crippen molar-refractivity contribution >= 4 is 6.72 Å². The summed E-state index contributed by atoms with van der Waals surface area (Å²) in [7, 11) is 0. The first-order valence-corrected chi connectivity index (χ1v) is 2.78. The first-order valence-electron chi connectivity index (χ1n) is 2.78. The third kappa shape index (κ3) is 3.81. The molecule has 0 aromatic heterocycles. The summed E-state index contributed by atoms with van der Waals surface area (Å²) in [6.07, 6.45) is 0.186. The van der Waals surface area contributed by atoms with Crippen molar-refractivity contribution in [1.29, 1.82) is 0 Å². The largest absolute Gasteiger partial charge is 0.354 e. The van der Waals surface area contributed by atoms with Gasteiger partial charge >= 0.3 is 0 Å². The minimum absolute atomic E-state index is 0.0602. The van der Waals surface area contributed by atoms with Gasteiger partial charge in [-0.2, -0.15) is 0 Å². The molecule has 1 unspecified atom stereocenters. The van der Waals surface area contributed by atoms with E-state index in [9.17, 15) is 0 Å². The first-order chi connectivity index (χ1) is 3.66. The van der Waals surface area contributed by atoms with Gasteiger partial charge in [0.2, 0.25) is 0 Å². The van der Waals surface area contributed by atoms with Crippen LogP contribution >= 0.6 is 0 Å². The number of nitrogens with zero attached hydrogens (tertiary/aromatic N) is 1. The maximum absolute atomic E-state index is 5.17. The van der Waals surface area contributed by atoms with E-state index in [4.69, 9.17) is 4.74 Å². The van der Waals surface area contributed by atoms with E-state index in [2.05, 4.69) is 11.7 Å². The quantitative estimate of drug-likeness (QED) is 0.510. The van der Waals surface area contributed by atoms with Crippen molar-refractivity contribution in [3.8, 4) is 0 Å². The highest BCUT2D eigenvalue weighted by Crippen LogP contribution is 1.95. The molecule has 0 saturated carbocycles. The van der Waals surface area contributed by atoms with Gasteiger partial charge in [0.1, 0.15) is 6.23 Å². The predicted molar refractivity (Wildman–Crippen MR) is 35.2 cm³/mol. The predicted octanol–water partition coefficient (Wildman–Crippen LogP) is 1.46. The second kappa shape index (κ2) is 3.61. The highest BCUT2D eigenvalue weighted by molar-refractivity contribution is 5.23. The fourth-order valence-electron chi connectivity index (χ4n) is 0.437. The Morgan fingerprint density at radius 2 is 1.88 bits per heavy atom. The van der Waals surface area contributed by atoms with Crippen LogP contribution in [0.1, 0.15) is 20.8 Å². The smallest absolute Gasteiger partial charge is 0.145 e. The van der Waals surface area contributed by atoms with Crippen LogP contribution in [0.2, 0.25) is 0 Å². The molecule has 0 radical (unpaired) electrons. The van der Waals surface area contributed by atoms with Crippen LogP contribution in [0.3, 0.4) is 0 Å². The molecular weight excluding hydrogens is 102 g/mol. The van der Waals surface area contributed by atoms with E-state index >= 15 is 0 Å². The van der Waals surface area contributed by atoms with Gasteiger partial charge in [0.25, 0.3) is 0 Å². The third-order valence-electron chi connectivity index (χ3n) is 0.726. The monoisotopic (exact) mass is 115 g/mol. The Bertz CT molecular complexity index is 70.9. The van der Waals surface area contributed by atoms with Crippen molar-refractivity contribution in [3.05, 3.63) is 0 Å². The van der Waals surface area contributed by atoms with Crippen molar-refractivity contribution in [1.82, 2.24) is 0 Å². The molecule has 0 rings (SSSR count). The lowest BCUT2D eigenvalue weighted by molar-refractivity contribution is 0.0250. The molecule has 0 aliphatic heterocycles. The van der Waals surface area contributed by atoms with E-state index in [0.717, 1.165) is 0 Å². The van der Waals surface area contributed by atoms with Gasteiger partial charge in [0.05, 0.1) is 6.10 Å². The summed E-state index contributed by atoms with van der Waals surface area (Å²) >= 11 is 0. The Labute approximate surface area is 50.6 Å². The summed E-state index contributed by atoms with van der Waals surface area (Å²) in [5, 5.41) is 0. The summed E-state index contributed by atoms with van der Waals surface area (Å²) < 4.78 is 5.17. The maximum atomic E-state index is 5.17. The Kier molecular flexibility index (Phi) is 3.44. The average molecular weight is 115 g/mol. The molecule has 2 nitrogen and oxygen atoms in total. The van der Waals surface area contributed by atoms with E-state index in [1.54, 1.807) is 0 Å². The topological polar surface area (TPSA) is 21.6 Å². The van der Waals surface area contributed by atoms with E-state index in [0.29, 0.717) is 0 Å². The normalized spacial score (nSPS) is 14.0. The van der Waals surface area contributed by atoms with Crippen LogP contribution in [0.5, 0.6) is 0 Å². The average Bonchev–Trinajstić information content (AvgIpc) is 1.65. The van der Waals surface area contributed by atoms with Crippen molar-refractivity contribution in [2.24, 2.45) is 4.99 Å². The number of hydrogen-bond acceptors (Lipinski definition) is 2. The first kappa shape index (κ1) is 7.63. The van der Waals surface area contributed by atoms with Gasteiger partial charge in [0, 0.05) is 0 Å². The Morgan fingerprint density at radius 3 is 2.00 bits per heavy atom. The molecule has 0 aliphatic carbocycles. The van der Waals surface area contributed by atoms with Crippen LogP contribution in [0.15, 0.2) is 4.99 Å². The number of aliphatic imine (C=N–C) groups is 1. The highest BCUT2D eigenvalue weighted by Gasteiger charge is 1.97. The second-order valence-electron chi connectivity index (χ2n) is 1.97. The summed E-state index contributed by atoms with van der Waals surface area (Å²) in [6.45, 7) is 9.15. The van der Waals surface area contributed by atoms with Crippen LogP contribution in [0, 0.1) is 0 Å². The summed E-state index contributed by atoms with van der Waals surface area (Å²) in [5.74, 6) is 0. The van der Waals surface area contributed by atoms with Crippen molar-refractivity contribution in [2.45, 2.75) is 33.1 Å². The van der Waals surface area contributed by atoms with Gasteiger partial charge in [-0.1, -0.05) is 0 Å². The molecule has 0 aromatic rings. The van der Waals surface area contributed by atoms with Gasteiger partial charge in [-0.15, -0.1) is 0 Å². The molecule has 0 amide bonds. The Hall–Kier alpha value is -0.370. The summed E-state index contributed by atoms with van der Waals surface area (Å²) in [4.78, 5) is 3.66. The van der Waals surface area contributed by atoms with Crippen LogP contribution in [0.4, 0.5) is 0 Å². The zero-order valence-corrected chi connectivity index (χ0v) is 5.72. The molecule has 0 aromatic carbocycles. The van der Waals surface area contributed by atoms with Crippen molar-refractivity contribution in [2.75, 3.05) is 0 Å². The molecule has 0 fully saturated rings. The molecular formula is C6H13NO. The summed E-state index contributed by atoms with van der Waals surface area (Å²) in [5.41, 5.74) is 0. The minimum atomic E-state index is -0.0602. The zero-order chi connectivity index (χ0) is 6.57. The number of hydrogen-bond donors (Lipinski definition) is 0. The lowest BCUT2D eigenvalue weighted by Gasteiger charge is -2.09. The fraction of sp³-hybridized carbons (Fsp3) is 0.833. The third-order valence-corrected chi connectivity index (χ3v) is 0.726. The van der Waals surface area contributed by atoms with E-state index in [1.165, 1.54) is 0 Å². The van der Waals surface area contributed by atoms with E-state index < -0.39 is 0 Å². The summed E-state index contributed by atoms with van der Waals surface area (Å²) in [6, 6.07) is 0. The van der Waals surface area contributed by atoms with Crippen LogP contribution < -0.4 is 0 Å². The van der Waals surface area contributed by atoms with Crippen LogP contribution in [0.25, 0.3) is 0 Å². The SMILES string of the molecule is C=NC(C)OC(C)C. The molecule has 2 heteroatoms. The molecule has 0 bridgehead atoms. The van der Waals surface area contributed by atoms with Crippen LogP contribution in [-0.2, 0) is 4.74 Å². The van der Waals surface area contributed by atoms with Crippen LogP contribution in [-0.4, -0.2) is 19.0 Å². The van der Waals surface area contributed by atoms with Gasteiger partial charge in [-0.05, 0) is 27.5 Å². The molecule has 8 heavy (non-hydrogen) atoms. The molecule has 0 spiro atoms. The fourth-order valence-corrected chi connectivity index (χ4v) is 0.437. The molecule has 48 valence electrons. The minimum Gasteiger partial charge on any atom is -0.354 e. The molecule has 0 aliphatic rings. The van der Waals surface area contributed by atoms with Gasteiger partial charge in [0.15, 0.2) is 0 Å². The Morgan fingerprint density at radius 1 is 1.38 bits per heavy atom. The molecule has 0 N–H and O–H groups in total. The van der Waals surface area contributed by atoms with Crippen molar-refractivity contribution in [3.63, 3.8) is 0 Å². The molecule has 0 saturated heterocycles. The van der Waals surface area contributed by atoms with Gasteiger partial charge in [-0.3, -0.25) is 4.99 Å². The Balaban J connectivity index is 3.23.